The highest BCUT2D eigenvalue weighted by atomic mass is 32.1. The van der Waals surface area contributed by atoms with Crippen molar-refractivity contribution >= 4 is 17.2 Å². The Bertz CT molecular complexity index is 1290. The molecule has 36 heavy (non-hydrogen) atoms. The third kappa shape index (κ3) is 5.71. The fourth-order valence-electron chi connectivity index (χ4n) is 3.87. The van der Waals surface area contributed by atoms with Gasteiger partial charge in [-0.3, -0.25) is 4.79 Å². The molecule has 2 aromatic heterocycles. The van der Waals surface area contributed by atoms with Crippen molar-refractivity contribution in [2.45, 2.75) is 33.3 Å². The van der Waals surface area contributed by atoms with Gasteiger partial charge in [0.1, 0.15) is 28.9 Å². The summed E-state index contributed by atoms with van der Waals surface area (Å²) in [5, 5.41) is 5.88. The van der Waals surface area contributed by atoms with Crippen LogP contribution in [0.5, 0.6) is 17.2 Å². The molecule has 0 fully saturated rings. The summed E-state index contributed by atoms with van der Waals surface area (Å²) >= 11 is 1.53. The Morgan fingerprint density at radius 2 is 1.64 bits per heavy atom. The zero-order valence-electron chi connectivity index (χ0n) is 21.0. The fourth-order valence-corrected chi connectivity index (χ4v) is 4.57. The molecule has 188 valence electrons. The van der Waals surface area contributed by atoms with E-state index in [1.165, 1.54) is 11.3 Å². The van der Waals surface area contributed by atoms with E-state index < -0.39 is 0 Å². The molecule has 0 saturated heterocycles. The van der Waals surface area contributed by atoms with Crippen molar-refractivity contribution in [3.8, 4) is 34.3 Å². The van der Waals surface area contributed by atoms with Crippen molar-refractivity contribution in [1.82, 2.24) is 14.9 Å². The van der Waals surface area contributed by atoms with Gasteiger partial charge in [-0.1, -0.05) is 13.3 Å². The molecular formula is C28H31N3O4S. The smallest absolute Gasteiger partial charge is 0.253 e. The zero-order valence-corrected chi connectivity index (χ0v) is 21.9. The number of carbonyl (C=O) groups is 1. The van der Waals surface area contributed by atoms with E-state index in [4.69, 9.17) is 19.2 Å². The second-order valence-corrected chi connectivity index (χ2v) is 9.20. The lowest BCUT2D eigenvalue weighted by atomic mass is 10.2. The first-order valence-corrected chi connectivity index (χ1v) is 12.8. The van der Waals surface area contributed by atoms with Crippen LogP contribution in [0.15, 0.2) is 60.0 Å². The van der Waals surface area contributed by atoms with Crippen LogP contribution in [0.3, 0.4) is 0 Å². The number of rotatable bonds is 11. The Morgan fingerprint density at radius 3 is 2.28 bits per heavy atom. The molecule has 1 amide bonds. The van der Waals surface area contributed by atoms with Gasteiger partial charge in [-0.2, -0.15) is 0 Å². The van der Waals surface area contributed by atoms with Crippen LogP contribution in [0, 0.1) is 6.92 Å². The van der Waals surface area contributed by atoms with Crippen LogP contribution in [0.4, 0.5) is 0 Å². The summed E-state index contributed by atoms with van der Waals surface area (Å²) in [5.41, 5.74) is 4.07. The average molecular weight is 506 g/mol. The van der Waals surface area contributed by atoms with E-state index in [9.17, 15) is 4.79 Å². The Kier molecular flexibility index (Phi) is 8.28. The van der Waals surface area contributed by atoms with Gasteiger partial charge in [0.05, 0.1) is 31.2 Å². The number of benzene rings is 2. The van der Waals surface area contributed by atoms with E-state index in [1.54, 1.807) is 14.2 Å². The highest BCUT2D eigenvalue weighted by molar-refractivity contribution is 7.09. The lowest BCUT2D eigenvalue weighted by molar-refractivity contribution is 0.0952. The second kappa shape index (κ2) is 11.8. The quantitative estimate of drug-likeness (QED) is 0.252. The number of methoxy groups -OCH3 is 2. The number of hydrogen-bond acceptors (Lipinski definition) is 6. The van der Waals surface area contributed by atoms with Gasteiger partial charge in [-0.25, -0.2) is 4.98 Å². The summed E-state index contributed by atoms with van der Waals surface area (Å²) in [7, 11) is 3.28. The Morgan fingerprint density at radius 1 is 1.00 bits per heavy atom. The minimum atomic E-state index is -0.0762. The maximum Gasteiger partial charge on any atom is 0.253 e. The van der Waals surface area contributed by atoms with Gasteiger partial charge in [-0.05, 0) is 67.9 Å². The molecule has 2 heterocycles. The Balaban J connectivity index is 1.63. The molecule has 7 nitrogen and oxygen atoms in total. The molecule has 0 bridgehead atoms. The number of hydrogen-bond donors (Lipinski definition) is 1. The van der Waals surface area contributed by atoms with Gasteiger partial charge in [0.2, 0.25) is 0 Å². The van der Waals surface area contributed by atoms with Crippen LogP contribution in [-0.4, -0.2) is 36.2 Å². The van der Waals surface area contributed by atoms with Crippen molar-refractivity contribution in [2.24, 2.45) is 0 Å². The van der Waals surface area contributed by atoms with E-state index in [2.05, 4.69) is 16.8 Å². The van der Waals surface area contributed by atoms with Gasteiger partial charge >= 0.3 is 0 Å². The van der Waals surface area contributed by atoms with Gasteiger partial charge in [-0.15, -0.1) is 11.3 Å². The molecule has 1 N–H and O–H groups in total. The van der Waals surface area contributed by atoms with Crippen LogP contribution in [0.1, 0.15) is 40.8 Å². The lowest BCUT2D eigenvalue weighted by Gasteiger charge is -2.12. The predicted molar refractivity (Wildman–Crippen MR) is 143 cm³/mol. The SMILES string of the molecule is CCCCNC(=O)c1cc(-c2csc(COc3ccc(OC)cc3)n2)n(-c2ccc(OC)cc2)c1C. The maximum absolute atomic E-state index is 13.0. The topological polar surface area (TPSA) is 74.6 Å². The molecule has 4 rings (SSSR count). The molecule has 4 aromatic rings. The summed E-state index contributed by atoms with van der Waals surface area (Å²) in [6.07, 6.45) is 1.97. The van der Waals surface area contributed by atoms with E-state index in [1.807, 2.05) is 66.9 Å². The molecule has 0 aliphatic heterocycles. The number of carbonyl (C=O) groups excluding carboxylic acids is 1. The van der Waals surface area contributed by atoms with Gasteiger partial charge in [0.25, 0.3) is 5.91 Å². The van der Waals surface area contributed by atoms with Crippen LogP contribution in [-0.2, 0) is 6.61 Å². The first kappa shape index (κ1) is 25.3. The predicted octanol–water partition coefficient (Wildman–Crippen LogP) is 6.04. The molecule has 0 radical (unpaired) electrons. The number of aromatic nitrogens is 2. The van der Waals surface area contributed by atoms with Crippen molar-refractivity contribution in [2.75, 3.05) is 20.8 Å². The summed E-state index contributed by atoms with van der Waals surface area (Å²) in [4.78, 5) is 17.8. The minimum Gasteiger partial charge on any atom is -0.497 e. The minimum absolute atomic E-state index is 0.0762. The molecule has 0 unspecified atom stereocenters. The van der Waals surface area contributed by atoms with E-state index >= 15 is 0 Å². The highest BCUT2D eigenvalue weighted by Gasteiger charge is 2.21. The molecule has 2 aromatic carbocycles. The van der Waals surface area contributed by atoms with E-state index in [0.29, 0.717) is 18.7 Å². The molecule has 8 heteroatoms. The number of thiazole rings is 1. The third-order valence-corrected chi connectivity index (χ3v) is 6.70. The van der Waals surface area contributed by atoms with Crippen LogP contribution in [0.2, 0.25) is 0 Å². The maximum atomic E-state index is 13.0. The number of unbranched alkanes of at least 4 members (excludes halogenated alkanes) is 1. The fraction of sp³-hybridized carbons (Fsp3) is 0.286. The Hall–Kier alpha value is -3.78. The lowest BCUT2D eigenvalue weighted by Crippen LogP contribution is -2.24. The normalized spacial score (nSPS) is 10.8. The molecule has 0 atom stereocenters. The largest absolute Gasteiger partial charge is 0.497 e. The molecule has 0 aliphatic rings. The number of amides is 1. The van der Waals surface area contributed by atoms with Crippen LogP contribution >= 0.6 is 11.3 Å². The van der Waals surface area contributed by atoms with Crippen molar-refractivity contribution in [3.05, 3.63) is 76.2 Å². The van der Waals surface area contributed by atoms with Gasteiger partial charge in [0, 0.05) is 23.3 Å². The second-order valence-electron chi connectivity index (χ2n) is 8.26. The first-order chi connectivity index (χ1) is 17.5. The summed E-state index contributed by atoms with van der Waals surface area (Å²) < 4.78 is 18.5. The summed E-state index contributed by atoms with van der Waals surface area (Å²) in [6, 6.07) is 17.2. The van der Waals surface area contributed by atoms with Crippen molar-refractivity contribution < 1.29 is 19.0 Å². The monoisotopic (exact) mass is 505 g/mol. The molecule has 0 spiro atoms. The van der Waals surface area contributed by atoms with E-state index in [-0.39, 0.29) is 5.91 Å². The van der Waals surface area contributed by atoms with E-state index in [0.717, 1.165) is 57.9 Å². The zero-order chi connectivity index (χ0) is 25.5. The van der Waals surface area contributed by atoms with Crippen molar-refractivity contribution in [1.29, 1.82) is 0 Å². The highest BCUT2D eigenvalue weighted by Crippen LogP contribution is 2.31. The van der Waals surface area contributed by atoms with Gasteiger partial charge < -0.3 is 24.1 Å². The van der Waals surface area contributed by atoms with Crippen LogP contribution < -0.4 is 19.5 Å². The average Bonchev–Trinajstić information content (AvgIpc) is 3.52. The van der Waals surface area contributed by atoms with Gasteiger partial charge in [0.15, 0.2) is 0 Å². The van der Waals surface area contributed by atoms with Crippen molar-refractivity contribution in [3.63, 3.8) is 0 Å². The number of ether oxygens (including phenoxy) is 3. The molecular weight excluding hydrogens is 474 g/mol. The molecule has 0 saturated carbocycles. The molecule has 0 aliphatic carbocycles. The number of nitrogens with zero attached hydrogens (tertiary/aromatic N) is 2. The summed E-state index contributed by atoms with van der Waals surface area (Å²) in [5.74, 6) is 2.22. The first-order valence-electron chi connectivity index (χ1n) is 11.9. The Labute approximate surface area is 215 Å². The number of nitrogens with one attached hydrogen (secondary N) is 1. The third-order valence-electron chi connectivity index (χ3n) is 5.87. The standard InChI is InChI=1S/C28H31N3O4S/c1-5-6-15-29-28(32)24-16-26(31(19(24)2)20-7-9-21(33-3)10-8-20)25-18-36-27(30-25)17-35-23-13-11-22(34-4)12-14-23/h7-14,16,18H,5-6,15,17H2,1-4H3,(H,29,32). The van der Waals surface area contributed by atoms with Crippen LogP contribution in [0.25, 0.3) is 17.1 Å². The summed E-state index contributed by atoms with van der Waals surface area (Å²) in [6.45, 7) is 5.07.